The molecule has 0 aromatic heterocycles. The first-order valence-corrected chi connectivity index (χ1v) is 4.59. The third-order valence-corrected chi connectivity index (χ3v) is 2.27. The largest absolute Gasteiger partial charge is 0.508 e. The number of phenols is 1. The lowest BCUT2D eigenvalue weighted by Gasteiger charge is -2.08. The van der Waals surface area contributed by atoms with Gasteiger partial charge in [-0.05, 0) is 40.8 Å². The molecule has 3 heteroatoms. The number of hydrogen-bond acceptors (Lipinski definition) is 2. The van der Waals surface area contributed by atoms with Crippen molar-refractivity contribution in [2.75, 3.05) is 0 Å². The van der Waals surface area contributed by atoms with Gasteiger partial charge in [0, 0.05) is 9.13 Å². The number of nitrogens with two attached hydrogens (primary N) is 1. The van der Waals surface area contributed by atoms with Crippen LogP contribution in [0.5, 0.6) is 5.75 Å². The molecule has 0 spiro atoms. The van der Waals surface area contributed by atoms with Gasteiger partial charge in [-0.3, -0.25) is 0 Å². The number of benzene rings is 1. The predicted octanol–water partition coefficient (Wildman–Crippen LogP) is 2.18. The smallest absolute Gasteiger partial charge is 0.120 e. The van der Waals surface area contributed by atoms with E-state index in [1.54, 1.807) is 12.1 Å². The molecule has 1 aromatic rings. The zero-order valence-electron chi connectivity index (χ0n) is 6.50. The van der Waals surface area contributed by atoms with Crippen molar-refractivity contribution in [2.45, 2.75) is 6.04 Å². The van der Waals surface area contributed by atoms with Crippen LogP contribution in [0.3, 0.4) is 0 Å². The Hall–Kier alpha value is -0.550. The van der Waals surface area contributed by atoms with Crippen molar-refractivity contribution in [3.05, 3.63) is 40.0 Å². The van der Waals surface area contributed by atoms with Crippen molar-refractivity contribution >= 4 is 22.6 Å². The summed E-state index contributed by atoms with van der Waals surface area (Å²) in [6.45, 7) is 3.57. The fourth-order valence-electron chi connectivity index (χ4n) is 0.919. The first-order valence-electron chi connectivity index (χ1n) is 3.51. The SMILES string of the molecule is C=C[C@H](N)c1cc(I)ccc1O. The molecule has 0 fully saturated rings. The van der Waals surface area contributed by atoms with Crippen LogP contribution in [0.25, 0.3) is 0 Å². The Balaban J connectivity index is 3.12. The van der Waals surface area contributed by atoms with Crippen molar-refractivity contribution in [1.29, 1.82) is 0 Å². The molecule has 0 amide bonds. The van der Waals surface area contributed by atoms with E-state index in [0.717, 1.165) is 9.13 Å². The average Bonchev–Trinajstić information content (AvgIpc) is 2.08. The summed E-state index contributed by atoms with van der Waals surface area (Å²) in [7, 11) is 0. The van der Waals surface area contributed by atoms with Crippen LogP contribution in [0, 0.1) is 3.57 Å². The van der Waals surface area contributed by atoms with Gasteiger partial charge in [-0.1, -0.05) is 6.08 Å². The van der Waals surface area contributed by atoms with Gasteiger partial charge >= 0.3 is 0 Å². The summed E-state index contributed by atoms with van der Waals surface area (Å²) in [4.78, 5) is 0. The van der Waals surface area contributed by atoms with Crippen molar-refractivity contribution in [3.8, 4) is 5.75 Å². The Kier molecular flexibility index (Phi) is 3.11. The van der Waals surface area contributed by atoms with Crippen LogP contribution >= 0.6 is 22.6 Å². The molecule has 12 heavy (non-hydrogen) atoms. The van der Waals surface area contributed by atoms with Gasteiger partial charge in [0.25, 0.3) is 0 Å². The van der Waals surface area contributed by atoms with Gasteiger partial charge in [-0.15, -0.1) is 6.58 Å². The van der Waals surface area contributed by atoms with E-state index < -0.39 is 0 Å². The lowest BCUT2D eigenvalue weighted by atomic mass is 10.1. The van der Waals surface area contributed by atoms with Crippen LogP contribution in [0.4, 0.5) is 0 Å². The van der Waals surface area contributed by atoms with Gasteiger partial charge in [0.05, 0.1) is 6.04 Å². The van der Waals surface area contributed by atoms with E-state index in [2.05, 4.69) is 29.2 Å². The third kappa shape index (κ3) is 1.98. The summed E-state index contributed by atoms with van der Waals surface area (Å²) in [5.41, 5.74) is 6.40. The summed E-state index contributed by atoms with van der Waals surface area (Å²) >= 11 is 2.17. The normalized spacial score (nSPS) is 12.5. The Morgan fingerprint density at radius 1 is 1.58 bits per heavy atom. The van der Waals surface area contributed by atoms with E-state index in [4.69, 9.17) is 5.73 Å². The van der Waals surface area contributed by atoms with E-state index in [9.17, 15) is 5.11 Å². The molecule has 1 rings (SSSR count). The quantitative estimate of drug-likeness (QED) is 0.642. The second-order valence-corrected chi connectivity index (χ2v) is 3.71. The number of aromatic hydroxyl groups is 1. The monoisotopic (exact) mass is 275 g/mol. The molecule has 1 aromatic carbocycles. The fraction of sp³-hybridized carbons (Fsp3) is 0.111. The van der Waals surface area contributed by atoms with Gasteiger partial charge in [0.2, 0.25) is 0 Å². The van der Waals surface area contributed by atoms with Crippen LogP contribution in [0.2, 0.25) is 0 Å². The highest BCUT2D eigenvalue weighted by Gasteiger charge is 2.06. The second-order valence-electron chi connectivity index (χ2n) is 2.46. The van der Waals surface area contributed by atoms with Gasteiger partial charge in [-0.2, -0.15) is 0 Å². The first kappa shape index (κ1) is 9.54. The van der Waals surface area contributed by atoms with Gasteiger partial charge in [0.1, 0.15) is 5.75 Å². The van der Waals surface area contributed by atoms with Crippen molar-refractivity contribution in [1.82, 2.24) is 0 Å². The highest BCUT2D eigenvalue weighted by molar-refractivity contribution is 14.1. The molecule has 3 N–H and O–H groups in total. The van der Waals surface area contributed by atoms with Crippen LogP contribution < -0.4 is 5.73 Å². The van der Waals surface area contributed by atoms with Crippen molar-refractivity contribution < 1.29 is 5.11 Å². The predicted molar refractivity (Wildman–Crippen MR) is 57.9 cm³/mol. The molecule has 64 valence electrons. The molecule has 0 heterocycles. The van der Waals surface area contributed by atoms with Crippen LogP contribution in [0.15, 0.2) is 30.9 Å². The molecule has 1 atom stereocenters. The summed E-state index contributed by atoms with van der Waals surface area (Å²) in [6, 6.07) is 5.03. The van der Waals surface area contributed by atoms with E-state index in [1.807, 2.05) is 12.1 Å². The van der Waals surface area contributed by atoms with Crippen molar-refractivity contribution in [2.24, 2.45) is 5.73 Å². The minimum Gasteiger partial charge on any atom is -0.508 e. The zero-order valence-corrected chi connectivity index (χ0v) is 8.65. The molecule has 0 radical (unpaired) electrons. The first-order chi connectivity index (χ1) is 5.65. The molecule has 0 aliphatic heterocycles. The summed E-state index contributed by atoms with van der Waals surface area (Å²) in [6.07, 6.45) is 1.60. The van der Waals surface area contributed by atoms with Crippen LogP contribution in [0.1, 0.15) is 11.6 Å². The lowest BCUT2D eigenvalue weighted by Crippen LogP contribution is -2.06. The molecule has 0 bridgehead atoms. The fourth-order valence-corrected chi connectivity index (χ4v) is 1.43. The number of hydrogen-bond donors (Lipinski definition) is 2. The molecule has 0 aliphatic carbocycles. The Bertz CT molecular complexity index is 299. The summed E-state index contributed by atoms with van der Waals surface area (Å²) in [5.74, 6) is 0.225. The Labute approximate surface area is 85.2 Å². The second kappa shape index (κ2) is 3.91. The average molecular weight is 275 g/mol. The third-order valence-electron chi connectivity index (χ3n) is 1.60. The van der Waals surface area contributed by atoms with E-state index in [-0.39, 0.29) is 11.8 Å². The minimum atomic E-state index is -0.292. The molecular formula is C9H10INO. The topological polar surface area (TPSA) is 46.2 Å². The molecule has 0 saturated heterocycles. The number of phenolic OH excluding ortho intramolecular Hbond substituents is 1. The molecule has 0 saturated carbocycles. The highest BCUT2D eigenvalue weighted by Crippen LogP contribution is 2.24. The maximum absolute atomic E-state index is 9.41. The van der Waals surface area contributed by atoms with E-state index >= 15 is 0 Å². The lowest BCUT2D eigenvalue weighted by molar-refractivity contribution is 0.466. The maximum Gasteiger partial charge on any atom is 0.120 e. The standard InChI is InChI=1S/C9H10INO/c1-2-8(11)7-5-6(10)3-4-9(7)12/h2-5,8,12H,1,11H2/t8-/m0/s1. The maximum atomic E-state index is 9.41. The number of rotatable bonds is 2. The molecule has 2 nitrogen and oxygen atoms in total. The number of halogens is 1. The van der Waals surface area contributed by atoms with Crippen molar-refractivity contribution in [3.63, 3.8) is 0 Å². The van der Waals surface area contributed by atoms with Crippen LogP contribution in [-0.2, 0) is 0 Å². The summed E-state index contributed by atoms with van der Waals surface area (Å²) in [5, 5.41) is 9.41. The van der Waals surface area contributed by atoms with Crippen LogP contribution in [-0.4, -0.2) is 5.11 Å². The van der Waals surface area contributed by atoms with Gasteiger partial charge in [-0.25, -0.2) is 0 Å². The highest BCUT2D eigenvalue weighted by atomic mass is 127. The molecular weight excluding hydrogens is 265 g/mol. The Morgan fingerprint density at radius 2 is 2.25 bits per heavy atom. The molecule has 0 unspecified atom stereocenters. The van der Waals surface area contributed by atoms with E-state index in [1.165, 1.54) is 0 Å². The molecule has 0 aliphatic rings. The van der Waals surface area contributed by atoms with E-state index in [0.29, 0.717) is 0 Å². The minimum absolute atomic E-state index is 0.225. The van der Waals surface area contributed by atoms with Gasteiger partial charge in [0.15, 0.2) is 0 Å². The zero-order chi connectivity index (χ0) is 9.14. The Morgan fingerprint density at radius 3 is 2.83 bits per heavy atom. The van der Waals surface area contributed by atoms with Gasteiger partial charge < -0.3 is 10.8 Å². The summed E-state index contributed by atoms with van der Waals surface area (Å²) < 4.78 is 1.05.